The summed E-state index contributed by atoms with van der Waals surface area (Å²) in [6, 6.07) is 8.67. The molecule has 0 fully saturated rings. The topological polar surface area (TPSA) is 31.2 Å². The Hall–Kier alpha value is -2.29. The second kappa shape index (κ2) is 19.0. The van der Waals surface area contributed by atoms with Crippen LogP contribution in [0.2, 0.25) is 0 Å². The van der Waals surface area contributed by atoms with E-state index < -0.39 is 0 Å². The van der Waals surface area contributed by atoms with Gasteiger partial charge in [-0.1, -0.05) is 88.0 Å². The lowest BCUT2D eigenvalue weighted by Crippen LogP contribution is -2.06. The van der Waals surface area contributed by atoms with Crippen LogP contribution in [0.5, 0.6) is 0 Å². The molecule has 2 aromatic rings. The van der Waals surface area contributed by atoms with Crippen molar-refractivity contribution in [1.82, 2.24) is 4.57 Å². The van der Waals surface area contributed by atoms with E-state index in [-0.39, 0.29) is 5.97 Å². The molecule has 3 heteroatoms. The lowest BCUT2D eigenvalue weighted by atomic mass is 10.0. The molecule has 0 amide bonds. The molecule has 0 unspecified atom stereocenters. The van der Waals surface area contributed by atoms with Crippen molar-refractivity contribution in [3.8, 4) is 0 Å². The number of unbranched alkanes of at least 4 members (excludes halogenated alkanes) is 9. The van der Waals surface area contributed by atoms with Gasteiger partial charge in [0.25, 0.3) is 0 Å². The van der Waals surface area contributed by atoms with Gasteiger partial charge in [0.2, 0.25) is 0 Å². The molecule has 0 aliphatic rings. The maximum atomic E-state index is 11.6. The monoisotopic (exact) mass is 479 g/mol. The molecule has 35 heavy (non-hydrogen) atoms. The second-order valence-electron chi connectivity index (χ2n) is 9.61. The van der Waals surface area contributed by atoms with E-state index in [0.717, 1.165) is 25.8 Å². The molecule has 0 radical (unpaired) electrons. The van der Waals surface area contributed by atoms with Crippen LogP contribution in [-0.4, -0.2) is 17.1 Å². The minimum Gasteiger partial charge on any atom is -0.466 e. The zero-order chi connectivity index (χ0) is 25.0. The fourth-order valence-electron chi connectivity index (χ4n) is 4.64. The van der Waals surface area contributed by atoms with Crippen LogP contribution in [0.3, 0.4) is 0 Å². The molecule has 1 aromatic heterocycles. The second-order valence-corrected chi connectivity index (χ2v) is 9.61. The predicted octanol–water partition coefficient (Wildman–Crippen LogP) is 9.34. The first kappa shape index (κ1) is 28.9. The minimum absolute atomic E-state index is 0.0921. The standard InChI is InChI=1S/C32H49NO2/c1-3-5-6-7-8-9-10-11-12-13-14-15-16-17-18-19-23-29-28-33(27-22-26-32(34)35-4-2)31-25-21-20-24-30(29)31/h8-9,11-12,20-21,24-25,28H,3-7,10,13-19,22-23,26-27H2,1-2H3/b9-8-,12-11-. The van der Waals surface area contributed by atoms with E-state index in [2.05, 4.69) is 66.3 Å². The van der Waals surface area contributed by atoms with Crippen molar-refractivity contribution in [3.05, 3.63) is 60.3 Å². The molecule has 0 aliphatic carbocycles. The number of esters is 1. The third kappa shape index (κ3) is 12.3. The highest BCUT2D eigenvalue weighted by molar-refractivity contribution is 5.84. The Morgan fingerprint density at radius 2 is 1.51 bits per heavy atom. The van der Waals surface area contributed by atoms with Crippen LogP contribution in [0.1, 0.15) is 109 Å². The Balaban J connectivity index is 1.57. The number of nitrogens with zero attached hydrogens (tertiary/aromatic N) is 1. The number of hydrogen-bond donors (Lipinski definition) is 0. The Kier molecular flexibility index (Phi) is 15.7. The Labute approximate surface area is 214 Å². The Morgan fingerprint density at radius 3 is 2.26 bits per heavy atom. The number of para-hydroxylation sites is 1. The van der Waals surface area contributed by atoms with Gasteiger partial charge in [-0.25, -0.2) is 0 Å². The molecule has 1 aromatic carbocycles. The number of aryl methyl sites for hydroxylation is 2. The van der Waals surface area contributed by atoms with Crippen LogP contribution in [0.15, 0.2) is 54.8 Å². The summed E-state index contributed by atoms with van der Waals surface area (Å²) in [6.45, 7) is 5.44. The lowest BCUT2D eigenvalue weighted by molar-refractivity contribution is -0.143. The summed E-state index contributed by atoms with van der Waals surface area (Å²) in [5.74, 6) is -0.0921. The number of hydrogen-bond acceptors (Lipinski definition) is 2. The Morgan fingerprint density at radius 1 is 0.829 bits per heavy atom. The van der Waals surface area contributed by atoms with Crippen LogP contribution in [0, 0.1) is 0 Å². The maximum Gasteiger partial charge on any atom is 0.305 e. The van der Waals surface area contributed by atoms with E-state index in [4.69, 9.17) is 4.74 Å². The highest BCUT2D eigenvalue weighted by atomic mass is 16.5. The molecule has 0 bridgehead atoms. The van der Waals surface area contributed by atoms with Gasteiger partial charge in [-0.05, 0) is 69.9 Å². The van der Waals surface area contributed by atoms with Crippen LogP contribution in [0.25, 0.3) is 10.9 Å². The number of aromatic nitrogens is 1. The number of rotatable bonds is 20. The molecule has 194 valence electrons. The molecular weight excluding hydrogens is 430 g/mol. The van der Waals surface area contributed by atoms with Gasteiger partial charge in [0.1, 0.15) is 0 Å². The summed E-state index contributed by atoms with van der Waals surface area (Å²) in [5, 5.41) is 1.37. The average Bonchev–Trinajstić information content (AvgIpc) is 3.21. The average molecular weight is 480 g/mol. The maximum absolute atomic E-state index is 11.6. The molecule has 0 aliphatic heterocycles. The molecule has 0 atom stereocenters. The van der Waals surface area contributed by atoms with Crippen molar-refractivity contribution >= 4 is 16.9 Å². The number of benzene rings is 1. The van der Waals surface area contributed by atoms with Crippen LogP contribution < -0.4 is 0 Å². The zero-order valence-corrected chi connectivity index (χ0v) is 22.5. The van der Waals surface area contributed by atoms with E-state index in [1.54, 1.807) is 0 Å². The van der Waals surface area contributed by atoms with Crippen LogP contribution in [0.4, 0.5) is 0 Å². The predicted molar refractivity (Wildman–Crippen MR) is 151 cm³/mol. The molecule has 0 saturated heterocycles. The van der Waals surface area contributed by atoms with Gasteiger partial charge in [-0.3, -0.25) is 4.79 Å². The highest BCUT2D eigenvalue weighted by Gasteiger charge is 2.09. The highest BCUT2D eigenvalue weighted by Crippen LogP contribution is 2.24. The SMILES string of the molecule is CCCCC/C=C\C/C=C\CCCCCCCCc1cn(CCCC(=O)OCC)c2ccccc12. The van der Waals surface area contributed by atoms with Crippen molar-refractivity contribution in [2.45, 2.75) is 117 Å². The van der Waals surface area contributed by atoms with Gasteiger partial charge >= 0.3 is 5.97 Å². The fraction of sp³-hybridized carbons (Fsp3) is 0.594. The van der Waals surface area contributed by atoms with Crippen LogP contribution >= 0.6 is 0 Å². The van der Waals surface area contributed by atoms with Gasteiger partial charge in [0.05, 0.1) is 6.61 Å². The third-order valence-electron chi connectivity index (χ3n) is 6.60. The van der Waals surface area contributed by atoms with Crippen molar-refractivity contribution < 1.29 is 9.53 Å². The minimum atomic E-state index is -0.0921. The van der Waals surface area contributed by atoms with E-state index in [1.807, 2.05) is 6.92 Å². The van der Waals surface area contributed by atoms with E-state index in [9.17, 15) is 4.79 Å². The smallest absolute Gasteiger partial charge is 0.305 e. The molecule has 0 N–H and O–H groups in total. The summed E-state index contributed by atoms with van der Waals surface area (Å²) in [5.41, 5.74) is 2.73. The summed E-state index contributed by atoms with van der Waals surface area (Å²) >= 11 is 0. The zero-order valence-electron chi connectivity index (χ0n) is 22.5. The van der Waals surface area contributed by atoms with E-state index in [1.165, 1.54) is 87.1 Å². The van der Waals surface area contributed by atoms with Crippen molar-refractivity contribution in [1.29, 1.82) is 0 Å². The number of ether oxygens (including phenoxy) is 1. The normalized spacial score (nSPS) is 11.8. The summed E-state index contributed by atoms with van der Waals surface area (Å²) in [6.07, 6.45) is 29.5. The van der Waals surface area contributed by atoms with Crippen LogP contribution in [-0.2, 0) is 22.5 Å². The summed E-state index contributed by atoms with van der Waals surface area (Å²) in [4.78, 5) is 11.6. The molecule has 3 nitrogen and oxygen atoms in total. The van der Waals surface area contributed by atoms with Crippen molar-refractivity contribution in [2.24, 2.45) is 0 Å². The van der Waals surface area contributed by atoms with Gasteiger partial charge in [-0.2, -0.15) is 0 Å². The Bertz CT molecular complexity index is 877. The number of carbonyl (C=O) groups is 1. The van der Waals surface area contributed by atoms with Gasteiger partial charge in [0.15, 0.2) is 0 Å². The van der Waals surface area contributed by atoms with Gasteiger partial charge in [-0.15, -0.1) is 0 Å². The molecule has 0 spiro atoms. The quantitative estimate of drug-likeness (QED) is 0.108. The first-order chi connectivity index (χ1) is 17.3. The van der Waals surface area contributed by atoms with Gasteiger partial charge < -0.3 is 9.30 Å². The number of allylic oxidation sites excluding steroid dienone is 4. The van der Waals surface area contributed by atoms with Gasteiger partial charge in [0, 0.05) is 30.1 Å². The number of carbonyl (C=O) groups excluding carboxylic acids is 1. The largest absolute Gasteiger partial charge is 0.466 e. The fourth-order valence-corrected chi connectivity index (χ4v) is 4.64. The summed E-state index contributed by atoms with van der Waals surface area (Å²) in [7, 11) is 0. The first-order valence-electron chi connectivity index (χ1n) is 14.3. The van der Waals surface area contributed by atoms with Crippen molar-refractivity contribution in [3.63, 3.8) is 0 Å². The molecule has 2 rings (SSSR count). The van der Waals surface area contributed by atoms with Crippen molar-refractivity contribution in [2.75, 3.05) is 6.61 Å². The number of fused-ring (bicyclic) bond motifs is 1. The van der Waals surface area contributed by atoms with E-state index >= 15 is 0 Å². The lowest BCUT2D eigenvalue weighted by Gasteiger charge is -2.05. The summed E-state index contributed by atoms with van der Waals surface area (Å²) < 4.78 is 7.38. The van der Waals surface area contributed by atoms with E-state index in [0.29, 0.717) is 13.0 Å². The molecule has 0 saturated carbocycles. The first-order valence-corrected chi connectivity index (χ1v) is 14.3. The third-order valence-corrected chi connectivity index (χ3v) is 6.60. The molecule has 1 heterocycles. The molecular formula is C32H49NO2.